The summed E-state index contributed by atoms with van der Waals surface area (Å²) in [7, 11) is 0. The predicted molar refractivity (Wildman–Crippen MR) is 72.1 cm³/mol. The van der Waals surface area contributed by atoms with Crippen molar-refractivity contribution in [2.45, 2.75) is 19.0 Å². The van der Waals surface area contributed by atoms with Gasteiger partial charge in [-0.15, -0.1) is 0 Å². The molecule has 1 saturated heterocycles. The predicted octanol–water partition coefficient (Wildman–Crippen LogP) is 3.93. The average Bonchev–Trinajstić information content (AvgIpc) is 2.37. The molecular weight excluding hydrogens is 339 g/mol. The standard InChI is InChI=1S/C13H13BrF3NO2/c14-11-7-9(1-2-10(11)12(19)20)18-5-3-8(4-6-18)13(15,16)17/h1-2,7-8H,3-6H2,(H,19,20). The van der Waals surface area contributed by atoms with E-state index < -0.39 is 18.1 Å². The van der Waals surface area contributed by atoms with E-state index in [4.69, 9.17) is 5.11 Å². The number of piperidine rings is 1. The van der Waals surface area contributed by atoms with Crippen LogP contribution in [0.3, 0.4) is 0 Å². The Kier molecular flexibility index (Phi) is 4.27. The van der Waals surface area contributed by atoms with E-state index in [2.05, 4.69) is 15.9 Å². The molecule has 0 aliphatic carbocycles. The van der Waals surface area contributed by atoms with E-state index in [1.807, 2.05) is 4.90 Å². The van der Waals surface area contributed by atoms with Gasteiger partial charge in [0.05, 0.1) is 11.5 Å². The summed E-state index contributed by atoms with van der Waals surface area (Å²) in [5.41, 5.74) is 0.876. The molecular formula is C13H13BrF3NO2. The molecule has 0 unspecified atom stereocenters. The van der Waals surface area contributed by atoms with Gasteiger partial charge in [0.25, 0.3) is 0 Å². The monoisotopic (exact) mass is 351 g/mol. The largest absolute Gasteiger partial charge is 0.478 e. The first-order valence-corrected chi connectivity index (χ1v) is 6.93. The number of hydrogen-bond acceptors (Lipinski definition) is 2. The van der Waals surface area contributed by atoms with Crippen LogP contribution in [0.2, 0.25) is 0 Å². The Labute approximate surface area is 122 Å². The van der Waals surface area contributed by atoms with Gasteiger partial charge in [0.2, 0.25) is 0 Å². The zero-order valence-electron chi connectivity index (χ0n) is 10.5. The number of alkyl halides is 3. The fourth-order valence-electron chi connectivity index (χ4n) is 2.34. The van der Waals surface area contributed by atoms with E-state index >= 15 is 0 Å². The Hall–Kier alpha value is -1.24. The Morgan fingerprint density at radius 3 is 2.35 bits per heavy atom. The number of nitrogens with zero attached hydrogens (tertiary/aromatic N) is 1. The van der Waals surface area contributed by atoms with Crippen LogP contribution in [0.15, 0.2) is 22.7 Å². The number of rotatable bonds is 2. The molecule has 1 aliphatic heterocycles. The van der Waals surface area contributed by atoms with Gasteiger partial charge < -0.3 is 10.0 Å². The van der Waals surface area contributed by atoms with Crippen molar-refractivity contribution in [3.63, 3.8) is 0 Å². The molecule has 1 fully saturated rings. The van der Waals surface area contributed by atoms with Crippen LogP contribution in [0.5, 0.6) is 0 Å². The van der Waals surface area contributed by atoms with Crippen LogP contribution >= 0.6 is 15.9 Å². The maximum atomic E-state index is 12.6. The van der Waals surface area contributed by atoms with E-state index in [1.54, 1.807) is 12.1 Å². The summed E-state index contributed by atoms with van der Waals surface area (Å²) in [6.07, 6.45) is -3.98. The highest BCUT2D eigenvalue weighted by molar-refractivity contribution is 9.10. The smallest absolute Gasteiger partial charge is 0.391 e. The topological polar surface area (TPSA) is 40.5 Å². The Bertz CT molecular complexity index is 511. The first-order chi connectivity index (χ1) is 9.29. The molecule has 1 aromatic rings. The molecule has 0 bridgehead atoms. The molecule has 1 aromatic carbocycles. The lowest BCUT2D eigenvalue weighted by atomic mass is 9.96. The zero-order chi connectivity index (χ0) is 14.9. The third-order valence-electron chi connectivity index (χ3n) is 3.51. The van der Waals surface area contributed by atoms with Gasteiger partial charge >= 0.3 is 12.1 Å². The summed E-state index contributed by atoms with van der Waals surface area (Å²) in [6.45, 7) is 0.645. The minimum Gasteiger partial charge on any atom is -0.478 e. The fraction of sp³-hybridized carbons (Fsp3) is 0.462. The van der Waals surface area contributed by atoms with Crippen molar-refractivity contribution in [2.75, 3.05) is 18.0 Å². The first kappa shape index (κ1) is 15.2. The summed E-state index contributed by atoms with van der Waals surface area (Å²) >= 11 is 3.17. The minimum atomic E-state index is -4.13. The highest BCUT2D eigenvalue weighted by Gasteiger charge is 2.41. The van der Waals surface area contributed by atoms with Gasteiger partial charge in [-0.3, -0.25) is 0 Å². The number of halogens is 4. The van der Waals surface area contributed by atoms with Crippen molar-refractivity contribution in [3.05, 3.63) is 28.2 Å². The number of carbonyl (C=O) groups is 1. The van der Waals surface area contributed by atoms with Crippen molar-refractivity contribution in [1.29, 1.82) is 0 Å². The van der Waals surface area contributed by atoms with Gasteiger partial charge in [0.1, 0.15) is 0 Å². The highest BCUT2D eigenvalue weighted by Crippen LogP contribution is 2.36. The van der Waals surface area contributed by atoms with Crippen molar-refractivity contribution >= 4 is 27.6 Å². The lowest BCUT2D eigenvalue weighted by Gasteiger charge is -2.34. The van der Waals surface area contributed by atoms with Crippen LogP contribution in [0.25, 0.3) is 0 Å². The average molecular weight is 352 g/mol. The number of hydrogen-bond donors (Lipinski definition) is 1. The summed E-state index contributed by atoms with van der Waals surface area (Å²) in [4.78, 5) is 12.7. The zero-order valence-corrected chi connectivity index (χ0v) is 12.0. The molecule has 1 aliphatic rings. The van der Waals surface area contributed by atoms with Gasteiger partial charge in [-0.2, -0.15) is 13.2 Å². The molecule has 0 radical (unpaired) electrons. The SMILES string of the molecule is O=C(O)c1ccc(N2CCC(C(F)(F)F)CC2)cc1Br. The molecule has 20 heavy (non-hydrogen) atoms. The summed E-state index contributed by atoms with van der Waals surface area (Å²) in [6, 6.07) is 4.72. The maximum absolute atomic E-state index is 12.6. The van der Waals surface area contributed by atoms with E-state index in [0.29, 0.717) is 17.6 Å². The van der Waals surface area contributed by atoms with Gasteiger partial charge in [-0.25, -0.2) is 4.79 Å². The van der Waals surface area contributed by atoms with Crippen LogP contribution in [0, 0.1) is 5.92 Å². The summed E-state index contributed by atoms with van der Waals surface area (Å²) in [5.74, 6) is -2.28. The van der Waals surface area contributed by atoms with Crippen LogP contribution < -0.4 is 4.90 Å². The van der Waals surface area contributed by atoms with Crippen molar-refractivity contribution < 1.29 is 23.1 Å². The van der Waals surface area contributed by atoms with Crippen molar-refractivity contribution in [3.8, 4) is 0 Å². The van der Waals surface area contributed by atoms with E-state index in [0.717, 1.165) is 5.69 Å². The molecule has 110 valence electrons. The molecule has 2 rings (SSSR count). The third kappa shape index (κ3) is 3.26. The number of carboxylic acids is 1. The molecule has 0 amide bonds. The second-order valence-corrected chi connectivity index (χ2v) is 5.63. The van der Waals surface area contributed by atoms with Crippen molar-refractivity contribution in [2.24, 2.45) is 5.92 Å². The molecule has 3 nitrogen and oxygen atoms in total. The van der Waals surface area contributed by atoms with E-state index in [9.17, 15) is 18.0 Å². The molecule has 1 N–H and O–H groups in total. The maximum Gasteiger partial charge on any atom is 0.391 e. The quantitative estimate of drug-likeness (QED) is 0.877. The fourth-order valence-corrected chi connectivity index (χ4v) is 2.88. The molecule has 1 heterocycles. The van der Waals surface area contributed by atoms with Gasteiger partial charge in [-0.05, 0) is 47.0 Å². The molecule has 0 saturated carbocycles. The van der Waals surface area contributed by atoms with Gasteiger partial charge in [0.15, 0.2) is 0 Å². The van der Waals surface area contributed by atoms with Crippen LogP contribution in [0.1, 0.15) is 23.2 Å². The molecule has 7 heteroatoms. The summed E-state index contributed by atoms with van der Waals surface area (Å²) in [5, 5.41) is 8.92. The Morgan fingerprint density at radius 2 is 1.90 bits per heavy atom. The first-order valence-electron chi connectivity index (χ1n) is 6.13. The lowest BCUT2D eigenvalue weighted by molar-refractivity contribution is -0.179. The van der Waals surface area contributed by atoms with Gasteiger partial charge in [0, 0.05) is 23.2 Å². The Morgan fingerprint density at radius 1 is 1.30 bits per heavy atom. The molecule has 0 aromatic heterocycles. The molecule has 0 atom stereocenters. The Balaban J connectivity index is 2.08. The van der Waals surface area contributed by atoms with Crippen LogP contribution in [-0.4, -0.2) is 30.3 Å². The normalized spacial score (nSPS) is 17.3. The lowest BCUT2D eigenvalue weighted by Crippen LogP contribution is -2.39. The van der Waals surface area contributed by atoms with Gasteiger partial charge in [-0.1, -0.05) is 0 Å². The molecule has 0 spiro atoms. The van der Waals surface area contributed by atoms with Crippen molar-refractivity contribution in [1.82, 2.24) is 0 Å². The van der Waals surface area contributed by atoms with Crippen LogP contribution in [-0.2, 0) is 0 Å². The number of benzene rings is 1. The number of carboxylic acid groups (broad SMARTS) is 1. The second-order valence-electron chi connectivity index (χ2n) is 4.77. The highest BCUT2D eigenvalue weighted by atomic mass is 79.9. The number of anilines is 1. The van der Waals surface area contributed by atoms with E-state index in [1.165, 1.54) is 6.07 Å². The number of aromatic carboxylic acids is 1. The third-order valence-corrected chi connectivity index (χ3v) is 4.16. The summed E-state index contributed by atoms with van der Waals surface area (Å²) < 4.78 is 38.2. The van der Waals surface area contributed by atoms with Crippen LogP contribution in [0.4, 0.5) is 18.9 Å². The second kappa shape index (κ2) is 5.63. The minimum absolute atomic E-state index is 0.0712. The van der Waals surface area contributed by atoms with E-state index in [-0.39, 0.29) is 18.4 Å².